The third-order valence-electron chi connectivity index (χ3n) is 2.90. The molecule has 0 amide bonds. The van der Waals surface area contributed by atoms with E-state index in [1.54, 1.807) is 0 Å². The summed E-state index contributed by atoms with van der Waals surface area (Å²) < 4.78 is 12.1. The third kappa shape index (κ3) is 2.41. The lowest BCUT2D eigenvalue weighted by Crippen LogP contribution is -2.23. The monoisotopic (exact) mass is 185 g/mol. The zero-order chi connectivity index (χ0) is 9.90. The summed E-state index contributed by atoms with van der Waals surface area (Å²) in [6, 6.07) is 2.25. The Labute approximate surface area is 78.4 Å². The Morgan fingerprint density at radius 1 is 1.77 bits per heavy atom. The van der Waals surface area contributed by atoms with Crippen molar-refractivity contribution in [3.8, 4) is 6.07 Å². The molecule has 3 unspecified atom stereocenters. The lowest BCUT2D eigenvalue weighted by molar-refractivity contribution is 0.0955. The number of nitriles is 1. The van der Waals surface area contributed by atoms with E-state index in [1.807, 2.05) is 0 Å². The van der Waals surface area contributed by atoms with Crippen molar-refractivity contribution in [2.24, 2.45) is 11.3 Å². The van der Waals surface area contributed by atoms with Crippen LogP contribution in [-0.2, 0) is 0 Å². The Morgan fingerprint density at radius 2 is 2.46 bits per heavy atom. The quantitative estimate of drug-likeness (QED) is 0.731. The normalized spacial score (nSPS) is 35.7. The number of hydrogen-bond acceptors (Lipinski definition) is 2. The molecule has 0 spiro atoms. The number of rotatable bonds is 3. The van der Waals surface area contributed by atoms with Crippen molar-refractivity contribution in [3.05, 3.63) is 0 Å². The van der Waals surface area contributed by atoms with Crippen LogP contribution in [-0.4, -0.2) is 17.9 Å². The second kappa shape index (κ2) is 4.06. The summed E-state index contributed by atoms with van der Waals surface area (Å²) >= 11 is 0. The van der Waals surface area contributed by atoms with Gasteiger partial charge in [0.25, 0.3) is 0 Å². The highest BCUT2D eigenvalue weighted by Gasteiger charge is 2.39. The highest BCUT2D eigenvalue weighted by atomic mass is 19.1. The van der Waals surface area contributed by atoms with Gasteiger partial charge in [0.05, 0.1) is 17.6 Å². The summed E-state index contributed by atoms with van der Waals surface area (Å²) in [6.45, 7) is 1.36. The molecule has 0 heterocycles. The van der Waals surface area contributed by atoms with E-state index >= 15 is 0 Å². The first-order chi connectivity index (χ1) is 6.12. The molecule has 0 radical (unpaired) electrons. The first-order valence-corrected chi connectivity index (χ1v) is 4.77. The van der Waals surface area contributed by atoms with Gasteiger partial charge in [-0.05, 0) is 31.6 Å². The highest BCUT2D eigenvalue weighted by molar-refractivity contribution is 5.04. The Bertz CT molecular complexity index is 213. The molecule has 0 saturated heterocycles. The molecule has 74 valence electrons. The van der Waals surface area contributed by atoms with Crippen LogP contribution in [0.4, 0.5) is 4.39 Å². The lowest BCUT2D eigenvalue weighted by atomic mass is 9.82. The SMILES string of the molecule is CC1CCC(C#N)(CC(O)CF)C1. The minimum Gasteiger partial charge on any atom is -0.390 e. The predicted octanol–water partition coefficient (Wildman–Crippen LogP) is 2.04. The predicted molar refractivity (Wildman–Crippen MR) is 47.7 cm³/mol. The third-order valence-corrected chi connectivity index (χ3v) is 2.90. The standard InChI is InChI=1S/C10H16FNO/c1-8-2-3-10(4-8,7-12)5-9(13)6-11/h8-9,13H,2-6H2,1H3. The molecule has 13 heavy (non-hydrogen) atoms. The Balaban J connectivity index is 2.57. The average molecular weight is 185 g/mol. The van der Waals surface area contributed by atoms with E-state index in [4.69, 9.17) is 5.26 Å². The molecular formula is C10H16FNO. The molecule has 1 saturated carbocycles. The van der Waals surface area contributed by atoms with E-state index in [-0.39, 0.29) is 0 Å². The number of alkyl halides is 1. The summed E-state index contributed by atoms with van der Waals surface area (Å²) in [6.07, 6.45) is 1.98. The van der Waals surface area contributed by atoms with Gasteiger partial charge in [0.2, 0.25) is 0 Å². The van der Waals surface area contributed by atoms with Gasteiger partial charge in [0.15, 0.2) is 0 Å². The van der Waals surface area contributed by atoms with Crippen molar-refractivity contribution in [3.63, 3.8) is 0 Å². The molecule has 0 aromatic heterocycles. The molecule has 2 nitrogen and oxygen atoms in total. The fraction of sp³-hybridized carbons (Fsp3) is 0.900. The number of aliphatic hydroxyl groups is 1. The van der Waals surface area contributed by atoms with Crippen LogP contribution in [0.1, 0.15) is 32.6 Å². The van der Waals surface area contributed by atoms with Crippen LogP contribution >= 0.6 is 0 Å². The number of halogens is 1. The topological polar surface area (TPSA) is 44.0 Å². The maximum Gasteiger partial charge on any atom is 0.115 e. The molecule has 3 heteroatoms. The first-order valence-electron chi connectivity index (χ1n) is 4.77. The van der Waals surface area contributed by atoms with Crippen LogP contribution < -0.4 is 0 Å². The molecule has 0 aromatic carbocycles. The largest absolute Gasteiger partial charge is 0.390 e. The number of hydrogen-bond donors (Lipinski definition) is 1. The molecule has 1 N–H and O–H groups in total. The molecule has 0 bridgehead atoms. The molecular weight excluding hydrogens is 169 g/mol. The van der Waals surface area contributed by atoms with Gasteiger partial charge in [-0.25, -0.2) is 4.39 Å². The summed E-state index contributed by atoms with van der Waals surface area (Å²) in [5.74, 6) is 0.534. The Hall–Kier alpha value is -0.620. The molecule has 0 aliphatic heterocycles. The van der Waals surface area contributed by atoms with Crippen molar-refractivity contribution in [2.45, 2.75) is 38.7 Å². The van der Waals surface area contributed by atoms with Gasteiger partial charge in [-0.3, -0.25) is 0 Å². The molecule has 3 atom stereocenters. The summed E-state index contributed by atoms with van der Waals surface area (Å²) in [7, 11) is 0. The first kappa shape index (κ1) is 10.5. The van der Waals surface area contributed by atoms with Crippen LogP contribution in [0.3, 0.4) is 0 Å². The maximum atomic E-state index is 12.1. The lowest BCUT2D eigenvalue weighted by Gasteiger charge is -2.22. The zero-order valence-corrected chi connectivity index (χ0v) is 7.96. The van der Waals surface area contributed by atoms with E-state index in [9.17, 15) is 9.50 Å². The summed E-state index contributed by atoms with van der Waals surface area (Å²) in [5.41, 5.74) is -0.453. The minimum absolute atomic E-state index is 0.296. The highest BCUT2D eigenvalue weighted by Crippen LogP contribution is 2.44. The molecule has 1 rings (SSSR count). The van der Waals surface area contributed by atoms with Gasteiger partial charge >= 0.3 is 0 Å². The minimum atomic E-state index is -0.954. The van der Waals surface area contributed by atoms with Crippen molar-refractivity contribution < 1.29 is 9.50 Å². The maximum absolute atomic E-state index is 12.1. The summed E-state index contributed by atoms with van der Waals surface area (Å²) in [5, 5.41) is 18.2. The molecule has 1 aliphatic carbocycles. The van der Waals surface area contributed by atoms with Gasteiger partial charge in [-0.1, -0.05) is 6.92 Å². The van der Waals surface area contributed by atoms with Crippen LogP contribution in [0.15, 0.2) is 0 Å². The van der Waals surface area contributed by atoms with Crippen molar-refractivity contribution in [1.82, 2.24) is 0 Å². The van der Waals surface area contributed by atoms with Crippen molar-refractivity contribution in [2.75, 3.05) is 6.67 Å². The van der Waals surface area contributed by atoms with Crippen LogP contribution in [0.5, 0.6) is 0 Å². The van der Waals surface area contributed by atoms with E-state index in [1.165, 1.54) is 0 Å². The molecule has 1 aliphatic rings. The molecule has 0 aromatic rings. The van der Waals surface area contributed by atoms with Gasteiger partial charge in [0.1, 0.15) is 6.67 Å². The Kier molecular flexibility index (Phi) is 3.27. The number of nitrogens with zero attached hydrogens (tertiary/aromatic N) is 1. The number of aliphatic hydroxyl groups excluding tert-OH is 1. The summed E-state index contributed by atoms with van der Waals surface area (Å²) in [4.78, 5) is 0. The van der Waals surface area contributed by atoms with Gasteiger partial charge in [-0.2, -0.15) is 5.26 Å². The van der Waals surface area contributed by atoms with Crippen LogP contribution in [0, 0.1) is 22.7 Å². The van der Waals surface area contributed by atoms with Crippen LogP contribution in [0.2, 0.25) is 0 Å². The smallest absolute Gasteiger partial charge is 0.115 e. The van der Waals surface area contributed by atoms with Gasteiger partial charge in [-0.15, -0.1) is 0 Å². The fourth-order valence-corrected chi connectivity index (χ4v) is 2.23. The van der Waals surface area contributed by atoms with Crippen molar-refractivity contribution in [1.29, 1.82) is 5.26 Å². The van der Waals surface area contributed by atoms with Crippen LogP contribution in [0.25, 0.3) is 0 Å². The van der Waals surface area contributed by atoms with Gasteiger partial charge in [0, 0.05) is 0 Å². The average Bonchev–Trinajstić information content (AvgIpc) is 2.48. The second-order valence-corrected chi connectivity index (χ2v) is 4.25. The van der Waals surface area contributed by atoms with E-state index in [2.05, 4.69) is 13.0 Å². The second-order valence-electron chi connectivity index (χ2n) is 4.25. The molecule has 1 fully saturated rings. The van der Waals surface area contributed by atoms with Gasteiger partial charge < -0.3 is 5.11 Å². The Morgan fingerprint density at radius 3 is 2.85 bits per heavy atom. The fourth-order valence-electron chi connectivity index (χ4n) is 2.23. The van der Waals surface area contributed by atoms with E-state index in [0.717, 1.165) is 19.3 Å². The van der Waals surface area contributed by atoms with E-state index in [0.29, 0.717) is 12.3 Å². The zero-order valence-electron chi connectivity index (χ0n) is 7.96. The van der Waals surface area contributed by atoms with E-state index < -0.39 is 18.2 Å². The van der Waals surface area contributed by atoms with Crippen molar-refractivity contribution >= 4 is 0 Å².